The molecule has 128 valence electrons. The number of benzene rings is 2. The van der Waals surface area contributed by atoms with Crippen LogP contribution in [0.4, 0.5) is 0 Å². The highest BCUT2D eigenvalue weighted by molar-refractivity contribution is 7.89. The lowest BCUT2D eigenvalue weighted by Crippen LogP contribution is -2.27. The van der Waals surface area contributed by atoms with Crippen molar-refractivity contribution >= 4 is 21.6 Å². The highest BCUT2D eigenvalue weighted by Crippen LogP contribution is 2.34. The molecular formula is C17H18ClNO4S. The van der Waals surface area contributed by atoms with Crippen LogP contribution in [0.3, 0.4) is 0 Å². The fraction of sp³-hybridized carbons (Fsp3) is 0.294. The van der Waals surface area contributed by atoms with E-state index in [0.29, 0.717) is 35.4 Å². The number of ether oxygens (including phenoxy) is 2. The maximum atomic E-state index is 12.5. The minimum absolute atomic E-state index is 0.278. The molecule has 2 aromatic rings. The van der Waals surface area contributed by atoms with Crippen molar-refractivity contribution < 1.29 is 17.9 Å². The quantitative estimate of drug-likeness (QED) is 0.803. The van der Waals surface area contributed by atoms with Gasteiger partial charge in [-0.2, -0.15) is 4.31 Å². The van der Waals surface area contributed by atoms with E-state index in [0.717, 1.165) is 12.8 Å². The van der Waals surface area contributed by atoms with Gasteiger partial charge in [-0.1, -0.05) is 11.6 Å². The van der Waals surface area contributed by atoms with E-state index in [1.807, 2.05) is 0 Å². The predicted molar refractivity (Wildman–Crippen MR) is 92.5 cm³/mol. The van der Waals surface area contributed by atoms with Gasteiger partial charge in [0.15, 0.2) is 11.5 Å². The molecule has 2 aromatic carbocycles. The molecule has 0 bridgehead atoms. The van der Waals surface area contributed by atoms with Crippen LogP contribution in [-0.4, -0.2) is 32.9 Å². The molecule has 3 rings (SSSR count). The molecule has 0 amide bonds. The zero-order chi connectivity index (χ0) is 17.2. The fourth-order valence-electron chi connectivity index (χ4n) is 2.61. The maximum absolute atomic E-state index is 12.5. The van der Waals surface area contributed by atoms with Gasteiger partial charge >= 0.3 is 0 Å². The Morgan fingerprint density at radius 3 is 2.29 bits per heavy atom. The van der Waals surface area contributed by atoms with E-state index in [9.17, 15) is 8.42 Å². The molecule has 5 nitrogen and oxygen atoms in total. The normalized spacial score (nSPS) is 15.4. The molecule has 0 radical (unpaired) electrons. The van der Waals surface area contributed by atoms with Crippen molar-refractivity contribution in [1.82, 2.24) is 4.31 Å². The smallest absolute Gasteiger partial charge is 0.243 e. The minimum atomic E-state index is -3.41. The van der Waals surface area contributed by atoms with Crippen molar-refractivity contribution in [2.75, 3.05) is 20.2 Å². The number of halogens is 1. The number of hydrogen-bond donors (Lipinski definition) is 0. The lowest BCUT2D eigenvalue weighted by atomic mass is 10.3. The van der Waals surface area contributed by atoms with Crippen LogP contribution >= 0.6 is 11.6 Å². The highest BCUT2D eigenvalue weighted by Gasteiger charge is 2.26. The van der Waals surface area contributed by atoms with Gasteiger partial charge in [-0.3, -0.25) is 0 Å². The molecule has 0 N–H and O–H groups in total. The van der Waals surface area contributed by atoms with Gasteiger partial charge in [0.1, 0.15) is 5.75 Å². The van der Waals surface area contributed by atoms with Crippen LogP contribution in [-0.2, 0) is 10.0 Å². The van der Waals surface area contributed by atoms with E-state index in [-0.39, 0.29) is 4.90 Å². The summed E-state index contributed by atoms with van der Waals surface area (Å²) in [6.45, 7) is 1.17. The Labute approximate surface area is 146 Å². The average Bonchev–Trinajstić information content (AvgIpc) is 3.12. The first-order valence-corrected chi connectivity index (χ1v) is 9.44. The SMILES string of the molecule is COc1cc(Cl)ccc1Oc1ccc(S(=O)(=O)N2CCCC2)cc1. The second-order valence-corrected chi connectivity index (χ2v) is 7.85. The molecule has 0 saturated carbocycles. The van der Waals surface area contributed by atoms with Crippen molar-refractivity contribution in [3.63, 3.8) is 0 Å². The third-order valence-electron chi connectivity index (χ3n) is 3.88. The monoisotopic (exact) mass is 367 g/mol. The van der Waals surface area contributed by atoms with Gasteiger partial charge in [0.25, 0.3) is 0 Å². The Morgan fingerprint density at radius 1 is 1.00 bits per heavy atom. The Morgan fingerprint density at radius 2 is 1.67 bits per heavy atom. The largest absolute Gasteiger partial charge is 0.493 e. The van der Waals surface area contributed by atoms with Gasteiger partial charge in [0.2, 0.25) is 10.0 Å². The van der Waals surface area contributed by atoms with Crippen LogP contribution < -0.4 is 9.47 Å². The molecule has 0 atom stereocenters. The van der Waals surface area contributed by atoms with Crippen molar-refractivity contribution in [3.05, 3.63) is 47.5 Å². The molecule has 0 aliphatic carbocycles. The van der Waals surface area contributed by atoms with Gasteiger partial charge < -0.3 is 9.47 Å². The highest BCUT2D eigenvalue weighted by atomic mass is 35.5. The summed E-state index contributed by atoms with van der Waals surface area (Å²) in [5, 5.41) is 0.547. The third-order valence-corrected chi connectivity index (χ3v) is 6.03. The maximum Gasteiger partial charge on any atom is 0.243 e. The van der Waals surface area contributed by atoms with Crippen molar-refractivity contribution in [1.29, 1.82) is 0 Å². The van der Waals surface area contributed by atoms with E-state index in [4.69, 9.17) is 21.1 Å². The zero-order valence-corrected chi connectivity index (χ0v) is 14.8. The summed E-state index contributed by atoms with van der Waals surface area (Å²) in [5.41, 5.74) is 0. The van der Waals surface area contributed by atoms with E-state index in [1.165, 1.54) is 11.4 Å². The second-order valence-electron chi connectivity index (χ2n) is 5.48. The van der Waals surface area contributed by atoms with Gasteiger partial charge in [0, 0.05) is 24.2 Å². The molecule has 24 heavy (non-hydrogen) atoms. The van der Waals surface area contributed by atoms with Crippen LogP contribution in [0, 0.1) is 0 Å². The first kappa shape index (κ1) is 17.1. The van der Waals surface area contributed by atoms with Gasteiger partial charge in [0.05, 0.1) is 12.0 Å². The molecule has 0 spiro atoms. The van der Waals surface area contributed by atoms with Crippen LogP contribution in [0.25, 0.3) is 0 Å². The topological polar surface area (TPSA) is 55.8 Å². The summed E-state index contributed by atoms with van der Waals surface area (Å²) in [4.78, 5) is 0.278. The number of nitrogens with zero attached hydrogens (tertiary/aromatic N) is 1. The number of methoxy groups -OCH3 is 1. The molecule has 1 saturated heterocycles. The summed E-state index contributed by atoms with van der Waals surface area (Å²) < 4.78 is 37.5. The lowest BCUT2D eigenvalue weighted by Gasteiger charge is -2.16. The summed E-state index contributed by atoms with van der Waals surface area (Å²) in [5.74, 6) is 1.55. The predicted octanol–water partition coefficient (Wildman–Crippen LogP) is 3.93. The second kappa shape index (κ2) is 7.01. The van der Waals surface area contributed by atoms with E-state index in [1.54, 1.807) is 42.5 Å². The number of sulfonamides is 1. The Kier molecular flexibility index (Phi) is 4.99. The Bertz CT molecular complexity index is 815. The standard InChI is InChI=1S/C17H18ClNO4S/c1-22-17-12-13(18)4-9-16(17)23-14-5-7-15(8-6-14)24(20,21)19-10-2-3-11-19/h4-9,12H,2-3,10-11H2,1H3. The molecule has 1 aliphatic heterocycles. The Balaban J connectivity index is 1.80. The third kappa shape index (κ3) is 3.50. The lowest BCUT2D eigenvalue weighted by molar-refractivity contribution is 0.379. The van der Waals surface area contributed by atoms with Crippen LogP contribution in [0.1, 0.15) is 12.8 Å². The molecule has 1 fully saturated rings. The molecule has 0 unspecified atom stereocenters. The number of hydrogen-bond acceptors (Lipinski definition) is 4. The number of rotatable bonds is 5. The molecule has 7 heteroatoms. The van der Waals surface area contributed by atoms with E-state index >= 15 is 0 Å². The van der Waals surface area contributed by atoms with Crippen molar-refractivity contribution in [2.45, 2.75) is 17.7 Å². The summed E-state index contributed by atoms with van der Waals surface area (Å²) in [6, 6.07) is 11.5. The van der Waals surface area contributed by atoms with Crippen molar-refractivity contribution in [3.8, 4) is 17.2 Å². The fourth-order valence-corrected chi connectivity index (χ4v) is 4.29. The van der Waals surface area contributed by atoms with Gasteiger partial charge in [-0.05, 0) is 49.2 Å². The van der Waals surface area contributed by atoms with Gasteiger partial charge in [-0.15, -0.1) is 0 Å². The molecule has 0 aromatic heterocycles. The van der Waals surface area contributed by atoms with E-state index < -0.39 is 10.0 Å². The zero-order valence-electron chi connectivity index (χ0n) is 13.2. The van der Waals surface area contributed by atoms with Crippen molar-refractivity contribution in [2.24, 2.45) is 0 Å². The first-order chi connectivity index (χ1) is 11.5. The van der Waals surface area contributed by atoms with E-state index in [2.05, 4.69) is 0 Å². The average molecular weight is 368 g/mol. The van der Waals surface area contributed by atoms with Gasteiger partial charge in [-0.25, -0.2) is 8.42 Å². The van der Waals surface area contributed by atoms with Crippen LogP contribution in [0.15, 0.2) is 47.4 Å². The molecule has 1 heterocycles. The Hall–Kier alpha value is -1.76. The molecule has 1 aliphatic rings. The minimum Gasteiger partial charge on any atom is -0.493 e. The summed E-state index contributed by atoms with van der Waals surface area (Å²) in [7, 11) is -1.88. The van der Waals surface area contributed by atoms with Crippen LogP contribution in [0.5, 0.6) is 17.2 Å². The summed E-state index contributed by atoms with van der Waals surface area (Å²) >= 11 is 5.92. The molecular weight excluding hydrogens is 350 g/mol. The van der Waals surface area contributed by atoms with Crippen LogP contribution in [0.2, 0.25) is 5.02 Å². The first-order valence-electron chi connectivity index (χ1n) is 7.62. The summed E-state index contributed by atoms with van der Waals surface area (Å²) in [6.07, 6.45) is 1.83.